The minimum Gasteiger partial charge on any atom is -0.491 e. The molecule has 3 heterocycles. The molecular weight excluding hydrogens is 786 g/mol. The molecular formula is C40H44F5N7O5S. The maximum absolute atomic E-state index is 15.3. The molecule has 58 heavy (non-hydrogen) atoms. The number of rotatable bonds is 13. The molecule has 2 fully saturated rings. The van der Waals surface area contributed by atoms with Crippen molar-refractivity contribution < 1.29 is 45.8 Å². The summed E-state index contributed by atoms with van der Waals surface area (Å²) in [6, 6.07) is 6.56. The second-order valence-corrected chi connectivity index (χ2v) is 16.0. The number of nitrogens with one attached hydrogen (secondary N) is 1. The molecule has 0 radical (unpaired) electrons. The average molecular weight is 830 g/mol. The van der Waals surface area contributed by atoms with Gasteiger partial charge in [-0.15, -0.1) is 0 Å². The van der Waals surface area contributed by atoms with Gasteiger partial charge in [-0.2, -0.15) is 18.4 Å². The predicted molar refractivity (Wildman–Crippen MR) is 208 cm³/mol. The third-order valence-electron chi connectivity index (χ3n) is 9.95. The summed E-state index contributed by atoms with van der Waals surface area (Å²) < 4.78 is 82.6. The number of aromatic nitrogens is 2. The van der Waals surface area contributed by atoms with Gasteiger partial charge in [0, 0.05) is 24.8 Å². The number of nitriles is 1. The molecule has 0 bridgehead atoms. The van der Waals surface area contributed by atoms with E-state index < -0.39 is 57.5 Å². The number of thiocarbonyl (C=S) groups is 1. The number of unbranched alkanes of at least 4 members (excludes halogenated alkanes) is 1. The zero-order valence-corrected chi connectivity index (χ0v) is 33.7. The second-order valence-electron chi connectivity index (χ2n) is 15.7. The van der Waals surface area contributed by atoms with Crippen molar-refractivity contribution in [2.75, 3.05) is 36.2 Å². The molecule has 2 saturated heterocycles. The highest BCUT2D eigenvalue weighted by Crippen LogP contribution is 2.42. The number of nitrogens with zero attached hydrogens (tertiary/aromatic N) is 6. The monoisotopic (exact) mass is 829 g/mol. The Morgan fingerprint density at radius 2 is 1.76 bits per heavy atom. The van der Waals surface area contributed by atoms with Crippen molar-refractivity contribution in [1.29, 1.82) is 5.26 Å². The average Bonchev–Trinajstić information content (AvgIpc) is 3.65. The molecule has 2 aliphatic rings. The number of carbonyl (C=O) groups excluding carboxylic acids is 3. The van der Waals surface area contributed by atoms with E-state index in [0.29, 0.717) is 24.3 Å². The number of alkyl halides is 3. The normalized spacial score (nSPS) is 17.4. The highest BCUT2D eigenvalue weighted by atomic mass is 32.1. The van der Waals surface area contributed by atoms with Crippen LogP contribution in [0, 0.1) is 28.4 Å². The van der Waals surface area contributed by atoms with Gasteiger partial charge in [0.1, 0.15) is 23.8 Å². The topological polar surface area (TPSA) is 141 Å². The Kier molecular flexibility index (Phi) is 13.1. The maximum atomic E-state index is 15.3. The Labute approximate surface area is 338 Å². The number of amides is 3. The molecule has 2 unspecified atom stereocenters. The number of hydrogen-bond donors (Lipinski definition) is 1. The molecule has 5 rings (SSSR count). The van der Waals surface area contributed by atoms with Crippen molar-refractivity contribution in [3.63, 3.8) is 0 Å². The van der Waals surface area contributed by atoms with Crippen molar-refractivity contribution in [1.82, 2.24) is 20.2 Å². The molecule has 18 heteroatoms. The third-order valence-corrected chi connectivity index (χ3v) is 10.3. The van der Waals surface area contributed by atoms with E-state index >= 15 is 8.78 Å². The lowest BCUT2D eigenvalue weighted by molar-refractivity contribution is -0.141. The van der Waals surface area contributed by atoms with Crippen LogP contribution in [0.1, 0.15) is 78.4 Å². The smallest absolute Gasteiger partial charge is 0.420 e. The van der Waals surface area contributed by atoms with Crippen molar-refractivity contribution in [2.45, 2.75) is 91.0 Å². The van der Waals surface area contributed by atoms with Crippen LogP contribution >= 0.6 is 12.2 Å². The summed E-state index contributed by atoms with van der Waals surface area (Å²) in [6.07, 6.45) is 0.257. The van der Waals surface area contributed by atoms with E-state index in [1.54, 1.807) is 0 Å². The molecule has 1 aromatic heterocycles. The third kappa shape index (κ3) is 9.20. The second kappa shape index (κ2) is 17.3. The van der Waals surface area contributed by atoms with E-state index in [0.717, 1.165) is 25.0 Å². The summed E-state index contributed by atoms with van der Waals surface area (Å²) in [4.78, 5) is 51.6. The number of halogens is 5. The highest BCUT2D eigenvalue weighted by Gasteiger charge is 2.52. The standard InChI is InChI=1S/C40H44F5N7O5S/c1-23-10-9-15-50(23)35(54)33(38(2,3)4)49-30(53)22-56-16-7-8-17-57-29-14-12-24(18-27(29)41)34-47-20-26(21-48-34)52-37(58)51(36(55)39(52,5)6)28-13-11-25(19-46)31(32(28)42)40(43,44)45/h11-14,18,20-21,23,33H,7-10,15-17,22H2,1-6H3,(H,49,53). The van der Waals surface area contributed by atoms with Crippen LogP contribution < -0.4 is 19.9 Å². The van der Waals surface area contributed by atoms with Gasteiger partial charge in [0.25, 0.3) is 5.91 Å². The van der Waals surface area contributed by atoms with Crippen molar-refractivity contribution in [2.24, 2.45) is 5.41 Å². The van der Waals surface area contributed by atoms with E-state index in [1.807, 2.05) is 32.6 Å². The van der Waals surface area contributed by atoms with Gasteiger partial charge >= 0.3 is 6.18 Å². The van der Waals surface area contributed by atoms with Gasteiger partial charge in [0.2, 0.25) is 11.8 Å². The Hall–Kier alpha value is -5.28. The Morgan fingerprint density at radius 1 is 1.09 bits per heavy atom. The minimum atomic E-state index is -5.22. The number of benzene rings is 2. The summed E-state index contributed by atoms with van der Waals surface area (Å²) in [5, 5.41) is 11.6. The maximum Gasteiger partial charge on any atom is 0.420 e. The van der Waals surface area contributed by atoms with Crippen LogP contribution in [0.5, 0.6) is 5.75 Å². The number of hydrogen-bond acceptors (Lipinski definition) is 9. The first kappa shape index (κ1) is 43.8. The molecule has 3 amide bonds. The van der Waals surface area contributed by atoms with Crippen LogP contribution in [0.2, 0.25) is 0 Å². The molecule has 0 saturated carbocycles. The number of ether oxygens (including phenoxy) is 2. The van der Waals surface area contributed by atoms with Gasteiger partial charge in [-0.05, 0) is 94.4 Å². The first-order chi connectivity index (χ1) is 27.2. The molecule has 12 nitrogen and oxygen atoms in total. The van der Waals surface area contributed by atoms with Crippen LogP contribution in [0.15, 0.2) is 42.7 Å². The first-order valence-electron chi connectivity index (χ1n) is 18.6. The van der Waals surface area contributed by atoms with E-state index in [1.165, 1.54) is 55.4 Å². The van der Waals surface area contributed by atoms with Crippen LogP contribution in [0.4, 0.5) is 33.3 Å². The summed E-state index contributed by atoms with van der Waals surface area (Å²) in [5.74, 6) is -3.74. The minimum absolute atomic E-state index is 0.0163. The fraction of sp³-hybridized carbons (Fsp3) is 0.475. The molecule has 2 aliphatic heterocycles. The Bertz CT molecular complexity index is 2100. The Morgan fingerprint density at radius 3 is 2.34 bits per heavy atom. The van der Waals surface area contributed by atoms with E-state index in [-0.39, 0.29) is 65.6 Å². The fourth-order valence-corrected chi connectivity index (χ4v) is 7.34. The van der Waals surface area contributed by atoms with Crippen LogP contribution in [-0.4, -0.2) is 81.7 Å². The molecule has 1 N–H and O–H groups in total. The van der Waals surface area contributed by atoms with Crippen LogP contribution in [-0.2, 0) is 25.3 Å². The molecule has 2 atom stereocenters. The van der Waals surface area contributed by atoms with Crippen molar-refractivity contribution >= 4 is 46.4 Å². The summed E-state index contributed by atoms with van der Waals surface area (Å²) in [6.45, 7) is 11.5. The van der Waals surface area contributed by atoms with Gasteiger partial charge in [-0.25, -0.2) is 18.7 Å². The van der Waals surface area contributed by atoms with Gasteiger partial charge in [0.15, 0.2) is 28.3 Å². The van der Waals surface area contributed by atoms with Gasteiger partial charge in [-0.1, -0.05) is 20.8 Å². The molecule has 0 spiro atoms. The van der Waals surface area contributed by atoms with E-state index in [4.69, 9.17) is 27.0 Å². The quantitative estimate of drug-likeness (QED) is 0.109. The molecule has 0 aliphatic carbocycles. The number of carbonyl (C=O) groups is 3. The Balaban J connectivity index is 1.13. The summed E-state index contributed by atoms with van der Waals surface area (Å²) in [7, 11) is 0. The van der Waals surface area contributed by atoms with Crippen LogP contribution in [0.3, 0.4) is 0 Å². The first-order valence-corrected chi connectivity index (χ1v) is 19.0. The largest absolute Gasteiger partial charge is 0.491 e. The van der Waals surface area contributed by atoms with Crippen molar-refractivity contribution in [3.8, 4) is 23.2 Å². The SMILES string of the molecule is CC1CCCN1C(=O)C(NC(=O)COCCCCOc1ccc(-c2ncc(N3C(=S)N(c4ccc(C#N)c(C(F)(F)F)c4F)C(=O)C3(C)C)cn2)cc1F)C(C)(C)C. The number of likely N-dealkylation sites (tertiary alicyclic amines) is 1. The lowest BCUT2D eigenvalue weighted by atomic mass is 9.85. The predicted octanol–water partition coefficient (Wildman–Crippen LogP) is 6.95. The van der Waals surface area contributed by atoms with E-state index in [2.05, 4.69) is 15.3 Å². The van der Waals surface area contributed by atoms with E-state index in [9.17, 15) is 27.6 Å². The number of anilines is 2. The fourth-order valence-electron chi connectivity index (χ4n) is 6.82. The van der Waals surface area contributed by atoms with Crippen molar-refractivity contribution in [3.05, 3.63) is 65.5 Å². The summed E-state index contributed by atoms with van der Waals surface area (Å²) in [5.41, 5.74) is -5.09. The summed E-state index contributed by atoms with van der Waals surface area (Å²) >= 11 is 5.46. The zero-order valence-electron chi connectivity index (χ0n) is 32.9. The molecule has 3 aromatic rings. The highest BCUT2D eigenvalue weighted by molar-refractivity contribution is 7.81. The lowest BCUT2D eigenvalue weighted by Crippen LogP contribution is -2.56. The van der Waals surface area contributed by atoms with Gasteiger partial charge < -0.3 is 24.6 Å². The molecule has 2 aromatic carbocycles. The zero-order chi connectivity index (χ0) is 42.7. The lowest BCUT2D eigenvalue weighted by Gasteiger charge is -2.35. The van der Waals surface area contributed by atoms with Gasteiger partial charge in [0.05, 0.1) is 42.0 Å². The molecule has 310 valence electrons. The van der Waals surface area contributed by atoms with Crippen LogP contribution in [0.25, 0.3) is 11.4 Å². The van der Waals surface area contributed by atoms with Gasteiger partial charge in [-0.3, -0.25) is 19.3 Å².